The SMILES string of the molecule is CN(C)CCCOc1ccc2c(-c3nc4ccc(OCC5CCCCC5)cc4o3)cccc2c1.Cl. The third kappa shape index (κ3) is 6.28. The summed E-state index contributed by atoms with van der Waals surface area (Å²) in [5.41, 5.74) is 2.59. The van der Waals surface area contributed by atoms with Crippen LogP contribution in [0, 0.1) is 5.92 Å². The maximum Gasteiger partial charge on any atom is 0.227 e. The zero-order chi connectivity index (χ0) is 23.3. The maximum atomic E-state index is 6.20. The Hall–Kier alpha value is -2.76. The number of halogens is 1. The van der Waals surface area contributed by atoms with Gasteiger partial charge in [0.2, 0.25) is 5.89 Å². The highest BCUT2D eigenvalue weighted by atomic mass is 35.5. The van der Waals surface area contributed by atoms with Crippen molar-refractivity contribution in [1.82, 2.24) is 9.88 Å². The molecule has 3 aromatic carbocycles. The first-order valence-corrected chi connectivity index (χ1v) is 12.5. The van der Waals surface area contributed by atoms with Gasteiger partial charge in [-0.2, -0.15) is 0 Å². The van der Waals surface area contributed by atoms with Crippen molar-refractivity contribution in [3.63, 3.8) is 0 Å². The molecule has 5 nitrogen and oxygen atoms in total. The first kappa shape index (κ1) is 25.3. The minimum Gasteiger partial charge on any atom is -0.494 e. The summed E-state index contributed by atoms with van der Waals surface area (Å²) >= 11 is 0. The molecule has 1 aliphatic rings. The summed E-state index contributed by atoms with van der Waals surface area (Å²) in [6.07, 6.45) is 7.57. The zero-order valence-corrected chi connectivity index (χ0v) is 21.5. The van der Waals surface area contributed by atoms with Crippen molar-refractivity contribution in [2.24, 2.45) is 5.92 Å². The normalized spacial score (nSPS) is 14.4. The Balaban J connectivity index is 0.00000289. The van der Waals surface area contributed by atoms with Gasteiger partial charge in [-0.3, -0.25) is 0 Å². The molecule has 0 radical (unpaired) electrons. The van der Waals surface area contributed by atoms with Gasteiger partial charge in [0.15, 0.2) is 5.58 Å². The molecule has 6 heteroatoms. The lowest BCUT2D eigenvalue weighted by molar-refractivity contribution is 0.209. The number of nitrogens with zero attached hydrogens (tertiary/aromatic N) is 2. The van der Waals surface area contributed by atoms with Crippen LogP contribution >= 0.6 is 12.4 Å². The van der Waals surface area contributed by atoms with E-state index in [1.807, 2.05) is 30.3 Å². The van der Waals surface area contributed by atoms with Crippen LogP contribution in [0.15, 0.2) is 59.0 Å². The third-order valence-corrected chi connectivity index (χ3v) is 6.67. The predicted molar refractivity (Wildman–Crippen MR) is 145 cm³/mol. The Kier molecular flexibility index (Phi) is 8.53. The lowest BCUT2D eigenvalue weighted by Crippen LogP contribution is -2.15. The van der Waals surface area contributed by atoms with Crippen LogP contribution in [0.5, 0.6) is 11.5 Å². The maximum absolute atomic E-state index is 6.20. The number of oxazole rings is 1. The van der Waals surface area contributed by atoms with Gasteiger partial charge in [0.05, 0.1) is 13.2 Å². The highest BCUT2D eigenvalue weighted by Crippen LogP contribution is 2.33. The standard InChI is InChI=1S/C29H34N2O3.ClH/c1-31(2)16-7-17-32-23-12-14-25-22(18-23)10-6-11-26(25)29-30-27-15-13-24(19-28(27)34-29)33-20-21-8-4-3-5-9-21;/h6,10-15,18-19,21H,3-5,7-9,16-17,20H2,1-2H3;1H. The van der Waals surface area contributed by atoms with Crippen LogP contribution in [0.25, 0.3) is 33.3 Å². The highest BCUT2D eigenvalue weighted by Gasteiger charge is 2.16. The van der Waals surface area contributed by atoms with Crippen molar-refractivity contribution < 1.29 is 13.9 Å². The average Bonchev–Trinajstić information content (AvgIpc) is 3.28. The molecule has 0 spiro atoms. The molecule has 0 amide bonds. The van der Waals surface area contributed by atoms with E-state index in [1.165, 1.54) is 32.1 Å². The third-order valence-electron chi connectivity index (χ3n) is 6.67. The molecule has 1 aromatic heterocycles. The second kappa shape index (κ2) is 11.8. The van der Waals surface area contributed by atoms with Crippen molar-refractivity contribution in [2.45, 2.75) is 38.5 Å². The summed E-state index contributed by atoms with van der Waals surface area (Å²) in [4.78, 5) is 6.93. The molecule has 35 heavy (non-hydrogen) atoms. The van der Waals surface area contributed by atoms with Gasteiger partial charge < -0.3 is 18.8 Å². The van der Waals surface area contributed by atoms with Crippen LogP contribution in [0.3, 0.4) is 0 Å². The molecule has 0 N–H and O–H groups in total. The van der Waals surface area contributed by atoms with Gasteiger partial charge in [-0.25, -0.2) is 4.98 Å². The van der Waals surface area contributed by atoms with E-state index in [1.54, 1.807) is 0 Å². The largest absolute Gasteiger partial charge is 0.494 e. The first-order valence-electron chi connectivity index (χ1n) is 12.5. The summed E-state index contributed by atoms with van der Waals surface area (Å²) in [6, 6.07) is 18.4. The minimum absolute atomic E-state index is 0. The number of hydrogen-bond acceptors (Lipinski definition) is 5. The number of aromatic nitrogens is 1. The van der Waals surface area contributed by atoms with Crippen LogP contribution in [0.1, 0.15) is 38.5 Å². The number of ether oxygens (including phenoxy) is 2. The van der Waals surface area contributed by atoms with E-state index in [9.17, 15) is 0 Å². The fourth-order valence-electron chi connectivity index (χ4n) is 4.79. The van der Waals surface area contributed by atoms with Gasteiger partial charge in [0, 0.05) is 18.2 Å². The molecule has 1 fully saturated rings. The Morgan fingerprint density at radius 2 is 1.74 bits per heavy atom. The molecule has 1 heterocycles. The molecule has 0 unspecified atom stereocenters. The molecule has 4 aromatic rings. The number of fused-ring (bicyclic) bond motifs is 2. The topological polar surface area (TPSA) is 47.7 Å². The van der Waals surface area contributed by atoms with Gasteiger partial charge in [-0.1, -0.05) is 31.4 Å². The smallest absolute Gasteiger partial charge is 0.227 e. The van der Waals surface area contributed by atoms with Crippen molar-refractivity contribution in [3.8, 4) is 23.0 Å². The quantitative estimate of drug-likeness (QED) is 0.227. The van der Waals surface area contributed by atoms with Crippen LogP contribution in [0.2, 0.25) is 0 Å². The van der Waals surface area contributed by atoms with Gasteiger partial charge in [0.25, 0.3) is 0 Å². The number of benzene rings is 3. The Morgan fingerprint density at radius 1 is 0.943 bits per heavy atom. The Bertz CT molecular complexity index is 1250. The molecule has 0 saturated heterocycles. The van der Waals surface area contributed by atoms with Crippen molar-refractivity contribution in [2.75, 3.05) is 33.9 Å². The average molecular weight is 495 g/mol. The van der Waals surface area contributed by atoms with Crippen molar-refractivity contribution >= 4 is 34.3 Å². The van der Waals surface area contributed by atoms with Crippen LogP contribution < -0.4 is 9.47 Å². The van der Waals surface area contributed by atoms with E-state index in [2.05, 4.69) is 43.3 Å². The molecule has 0 bridgehead atoms. The van der Waals surface area contributed by atoms with Gasteiger partial charge in [-0.15, -0.1) is 12.4 Å². The van der Waals surface area contributed by atoms with Crippen LogP contribution in [-0.2, 0) is 0 Å². The monoisotopic (exact) mass is 494 g/mol. The summed E-state index contributed by atoms with van der Waals surface area (Å²) in [7, 11) is 4.16. The molecular formula is C29H35ClN2O3. The summed E-state index contributed by atoms with van der Waals surface area (Å²) in [6.45, 7) is 2.51. The van der Waals surface area contributed by atoms with Crippen LogP contribution in [0.4, 0.5) is 0 Å². The lowest BCUT2D eigenvalue weighted by atomic mass is 9.90. The highest BCUT2D eigenvalue weighted by molar-refractivity contribution is 5.96. The fraction of sp³-hybridized carbons (Fsp3) is 0.414. The Morgan fingerprint density at radius 3 is 2.57 bits per heavy atom. The van der Waals surface area contributed by atoms with Crippen molar-refractivity contribution in [1.29, 1.82) is 0 Å². The van der Waals surface area contributed by atoms with E-state index in [0.717, 1.165) is 58.5 Å². The Labute approximate surface area is 213 Å². The van der Waals surface area contributed by atoms with Gasteiger partial charge in [-0.05, 0) is 86.4 Å². The minimum atomic E-state index is 0. The lowest BCUT2D eigenvalue weighted by Gasteiger charge is -2.21. The molecule has 0 aliphatic heterocycles. The predicted octanol–water partition coefficient (Wildman–Crippen LogP) is 7.36. The summed E-state index contributed by atoms with van der Waals surface area (Å²) in [5, 5.41) is 2.21. The van der Waals surface area contributed by atoms with E-state index >= 15 is 0 Å². The van der Waals surface area contributed by atoms with E-state index in [4.69, 9.17) is 18.9 Å². The van der Waals surface area contributed by atoms with E-state index < -0.39 is 0 Å². The molecule has 1 aliphatic carbocycles. The van der Waals surface area contributed by atoms with E-state index in [0.29, 0.717) is 18.4 Å². The van der Waals surface area contributed by atoms with Gasteiger partial charge >= 0.3 is 0 Å². The molecule has 5 rings (SSSR count). The van der Waals surface area contributed by atoms with Crippen LogP contribution in [-0.4, -0.2) is 43.7 Å². The molecule has 186 valence electrons. The molecule has 1 saturated carbocycles. The van der Waals surface area contributed by atoms with Crippen molar-refractivity contribution in [3.05, 3.63) is 54.6 Å². The van der Waals surface area contributed by atoms with Gasteiger partial charge in [0.1, 0.15) is 17.0 Å². The van der Waals surface area contributed by atoms with E-state index in [-0.39, 0.29) is 12.4 Å². The zero-order valence-electron chi connectivity index (χ0n) is 20.7. The number of hydrogen-bond donors (Lipinski definition) is 0. The second-order valence-corrected chi connectivity index (χ2v) is 9.66. The fourth-order valence-corrected chi connectivity index (χ4v) is 4.79. The summed E-state index contributed by atoms with van der Waals surface area (Å²) < 4.78 is 18.3. The molecular weight excluding hydrogens is 460 g/mol. The second-order valence-electron chi connectivity index (χ2n) is 9.66. The number of rotatable bonds is 9. The summed E-state index contributed by atoms with van der Waals surface area (Å²) in [5.74, 6) is 3.05. The molecule has 0 atom stereocenters. The first-order chi connectivity index (χ1) is 16.7.